The van der Waals surface area contributed by atoms with E-state index in [-0.39, 0.29) is 4.90 Å². The Morgan fingerprint density at radius 2 is 1.72 bits per heavy atom. The lowest BCUT2D eigenvalue weighted by Crippen LogP contribution is -2.39. The predicted octanol–water partition coefficient (Wildman–Crippen LogP) is 2.53. The van der Waals surface area contributed by atoms with Gasteiger partial charge in [-0.2, -0.15) is 9.61 Å². The van der Waals surface area contributed by atoms with Crippen LogP contribution in [-0.2, 0) is 10.0 Å². The Bertz CT molecular complexity index is 1320. The summed E-state index contributed by atoms with van der Waals surface area (Å²) in [6, 6.07) is 16.7. The molecule has 32 heavy (non-hydrogen) atoms. The third kappa shape index (κ3) is 4.66. The average molecular weight is 518 g/mol. The zero-order chi connectivity index (χ0) is 22.7. The molecule has 0 radical (unpaired) electrons. The molecule has 4 rings (SSSR count). The lowest BCUT2D eigenvalue weighted by Gasteiger charge is -2.14. The predicted molar refractivity (Wildman–Crippen MR) is 124 cm³/mol. The number of benzene rings is 2. The van der Waals surface area contributed by atoms with Gasteiger partial charge in [-0.1, -0.05) is 30.3 Å². The van der Waals surface area contributed by atoms with Crippen LogP contribution in [0.5, 0.6) is 0 Å². The number of nitrogens with one attached hydrogen (secondary N) is 2. The minimum atomic E-state index is -3.88. The molecule has 0 aliphatic rings. The normalized spacial score (nSPS) is 11.9. The van der Waals surface area contributed by atoms with Crippen LogP contribution in [0.2, 0.25) is 0 Å². The number of halogens is 1. The first-order chi connectivity index (χ1) is 15.4. The maximum Gasteiger partial charge on any atom is 0.240 e. The Balaban J connectivity index is 1.65. The molecule has 0 aliphatic carbocycles. The summed E-state index contributed by atoms with van der Waals surface area (Å²) >= 11 is 3.47. The Kier molecular flexibility index (Phi) is 6.53. The van der Waals surface area contributed by atoms with Crippen molar-refractivity contribution < 1.29 is 18.6 Å². The van der Waals surface area contributed by atoms with Gasteiger partial charge < -0.3 is 15.5 Å². The molecule has 4 N–H and O–H groups in total. The number of hydrogen-bond donors (Lipinski definition) is 4. The van der Waals surface area contributed by atoms with Crippen molar-refractivity contribution in [2.24, 2.45) is 0 Å². The molecule has 11 heteroatoms. The average Bonchev–Trinajstić information content (AvgIpc) is 3.19. The van der Waals surface area contributed by atoms with Crippen LogP contribution in [0.3, 0.4) is 0 Å². The SMILES string of the molecule is O=S(=O)(NC(CO)CO)c1ccc(Nc2cc(-c3ccccc3)nc3c(Br)cnn23)cc1. The van der Waals surface area contributed by atoms with E-state index in [1.54, 1.807) is 22.8 Å². The summed E-state index contributed by atoms with van der Waals surface area (Å²) in [6.07, 6.45) is 1.66. The van der Waals surface area contributed by atoms with Crippen molar-refractivity contribution >= 4 is 43.1 Å². The molecule has 166 valence electrons. The van der Waals surface area contributed by atoms with Gasteiger partial charge in [-0.3, -0.25) is 0 Å². The second kappa shape index (κ2) is 9.35. The molecule has 0 atom stereocenters. The highest BCUT2D eigenvalue weighted by Gasteiger charge is 2.19. The van der Waals surface area contributed by atoms with E-state index in [4.69, 9.17) is 10.2 Å². The van der Waals surface area contributed by atoms with Crippen LogP contribution in [0.4, 0.5) is 11.5 Å². The van der Waals surface area contributed by atoms with Crippen molar-refractivity contribution in [3.8, 4) is 11.3 Å². The Labute approximate surface area is 192 Å². The quantitative estimate of drug-likeness (QED) is 0.282. The van der Waals surface area contributed by atoms with Crippen molar-refractivity contribution in [3.05, 3.63) is 71.3 Å². The second-order valence-corrected chi connectivity index (χ2v) is 9.52. The number of anilines is 2. The first-order valence-corrected chi connectivity index (χ1v) is 11.9. The molecule has 2 aromatic carbocycles. The van der Waals surface area contributed by atoms with Crippen LogP contribution in [0.1, 0.15) is 0 Å². The number of aliphatic hydroxyl groups excluding tert-OH is 2. The van der Waals surface area contributed by atoms with Gasteiger partial charge in [0.25, 0.3) is 0 Å². The first-order valence-electron chi connectivity index (χ1n) is 9.62. The van der Waals surface area contributed by atoms with Crippen LogP contribution in [0.25, 0.3) is 16.9 Å². The summed E-state index contributed by atoms with van der Waals surface area (Å²) in [5.74, 6) is 0.647. The minimum absolute atomic E-state index is 0.0154. The summed E-state index contributed by atoms with van der Waals surface area (Å²) in [4.78, 5) is 4.70. The topological polar surface area (TPSA) is 129 Å². The van der Waals surface area contributed by atoms with Crippen LogP contribution < -0.4 is 10.0 Å². The van der Waals surface area contributed by atoms with Crippen molar-refractivity contribution in [1.82, 2.24) is 19.3 Å². The molecule has 0 amide bonds. The number of nitrogens with zero attached hydrogens (tertiary/aromatic N) is 3. The molecular formula is C21H20BrN5O4S. The standard InChI is InChI=1S/C21H20BrN5O4S/c22-18-11-23-27-20(10-19(25-21(18)27)14-4-2-1-3-5-14)24-15-6-8-17(9-7-15)32(30,31)26-16(12-28)13-29/h1-11,16,24,26,28-29H,12-13H2. The van der Waals surface area contributed by atoms with E-state index in [0.29, 0.717) is 17.2 Å². The largest absolute Gasteiger partial charge is 0.395 e. The number of rotatable bonds is 8. The zero-order valence-corrected chi connectivity index (χ0v) is 19.1. The summed E-state index contributed by atoms with van der Waals surface area (Å²) in [5, 5.41) is 25.9. The zero-order valence-electron chi connectivity index (χ0n) is 16.7. The van der Waals surface area contributed by atoms with E-state index in [9.17, 15) is 8.42 Å². The fraction of sp³-hybridized carbons (Fsp3) is 0.143. The van der Waals surface area contributed by atoms with Crippen LogP contribution >= 0.6 is 15.9 Å². The molecule has 2 aromatic heterocycles. The van der Waals surface area contributed by atoms with Crippen molar-refractivity contribution in [2.45, 2.75) is 10.9 Å². The first kappa shape index (κ1) is 22.4. The van der Waals surface area contributed by atoms with E-state index >= 15 is 0 Å². The molecular weight excluding hydrogens is 498 g/mol. The number of hydrogen-bond acceptors (Lipinski definition) is 7. The maximum atomic E-state index is 12.4. The molecule has 4 aromatic rings. The highest BCUT2D eigenvalue weighted by atomic mass is 79.9. The molecule has 0 fully saturated rings. The van der Waals surface area contributed by atoms with Crippen LogP contribution in [-0.4, -0.2) is 52.5 Å². The Morgan fingerprint density at radius 1 is 1.03 bits per heavy atom. The van der Waals surface area contributed by atoms with E-state index < -0.39 is 29.3 Å². The van der Waals surface area contributed by atoms with Crippen molar-refractivity contribution in [2.75, 3.05) is 18.5 Å². The van der Waals surface area contributed by atoms with Crippen molar-refractivity contribution in [1.29, 1.82) is 0 Å². The third-order valence-corrected chi connectivity index (χ3v) is 6.79. The Hall–Kier alpha value is -2.83. The van der Waals surface area contributed by atoms with E-state index in [0.717, 1.165) is 15.7 Å². The fourth-order valence-corrected chi connectivity index (χ4v) is 4.63. The third-order valence-electron chi connectivity index (χ3n) is 4.70. The lowest BCUT2D eigenvalue weighted by atomic mass is 10.1. The Morgan fingerprint density at radius 3 is 2.38 bits per heavy atom. The second-order valence-electron chi connectivity index (χ2n) is 6.95. The van der Waals surface area contributed by atoms with Gasteiger partial charge in [-0.15, -0.1) is 0 Å². The number of aromatic nitrogens is 3. The molecule has 0 aliphatic heterocycles. The van der Waals surface area contributed by atoms with E-state index in [1.807, 2.05) is 36.4 Å². The van der Waals surface area contributed by atoms with Gasteiger partial charge in [0.2, 0.25) is 10.0 Å². The van der Waals surface area contributed by atoms with Gasteiger partial charge >= 0.3 is 0 Å². The van der Waals surface area contributed by atoms with Crippen molar-refractivity contribution in [3.63, 3.8) is 0 Å². The summed E-state index contributed by atoms with van der Waals surface area (Å²) in [5.41, 5.74) is 2.98. The number of fused-ring (bicyclic) bond motifs is 1. The molecule has 0 unspecified atom stereocenters. The van der Waals surface area contributed by atoms with Gasteiger partial charge in [0, 0.05) is 17.3 Å². The van der Waals surface area contributed by atoms with E-state index in [2.05, 4.69) is 36.1 Å². The molecule has 2 heterocycles. The summed E-state index contributed by atoms with van der Waals surface area (Å²) in [6.45, 7) is -1.01. The molecule has 0 saturated carbocycles. The monoisotopic (exact) mass is 517 g/mol. The molecule has 0 spiro atoms. The number of aliphatic hydroxyl groups is 2. The molecule has 0 bridgehead atoms. The van der Waals surface area contributed by atoms with E-state index in [1.165, 1.54) is 12.1 Å². The van der Waals surface area contributed by atoms with Gasteiger partial charge in [0.1, 0.15) is 5.82 Å². The van der Waals surface area contributed by atoms with Gasteiger partial charge in [-0.05, 0) is 40.2 Å². The number of sulfonamides is 1. The highest BCUT2D eigenvalue weighted by Crippen LogP contribution is 2.28. The summed E-state index contributed by atoms with van der Waals surface area (Å²) in [7, 11) is -3.88. The summed E-state index contributed by atoms with van der Waals surface area (Å²) < 4.78 is 29.5. The smallest absolute Gasteiger partial charge is 0.240 e. The fourth-order valence-electron chi connectivity index (χ4n) is 3.07. The van der Waals surface area contributed by atoms with Crippen LogP contribution in [0, 0.1) is 0 Å². The molecule has 9 nitrogen and oxygen atoms in total. The highest BCUT2D eigenvalue weighted by molar-refractivity contribution is 9.10. The lowest BCUT2D eigenvalue weighted by molar-refractivity contribution is 0.185. The molecule has 0 saturated heterocycles. The van der Waals surface area contributed by atoms with Gasteiger partial charge in [-0.25, -0.2) is 18.1 Å². The van der Waals surface area contributed by atoms with Gasteiger partial charge in [0.15, 0.2) is 5.65 Å². The maximum absolute atomic E-state index is 12.4. The van der Waals surface area contributed by atoms with Crippen LogP contribution in [0.15, 0.2) is 76.2 Å². The minimum Gasteiger partial charge on any atom is -0.395 e. The van der Waals surface area contributed by atoms with Gasteiger partial charge in [0.05, 0.1) is 40.5 Å².